The Morgan fingerprint density at radius 2 is 1.18 bits per heavy atom. The van der Waals surface area contributed by atoms with E-state index in [1.807, 2.05) is 84.9 Å². The number of rotatable bonds is 6. The van der Waals surface area contributed by atoms with Crippen molar-refractivity contribution in [2.45, 2.75) is 0 Å². The van der Waals surface area contributed by atoms with Crippen molar-refractivity contribution in [3.05, 3.63) is 136 Å². The van der Waals surface area contributed by atoms with Gasteiger partial charge in [0, 0.05) is 27.0 Å². The van der Waals surface area contributed by atoms with Gasteiger partial charge < -0.3 is 4.90 Å². The van der Waals surface area contributed by atoms with Crippen LogP contribution in [0.25, 0.3) is 11.1 Å². The number of benzene rings is 4. The number of anilines is 3. The third-order valence-corrected chi connectivity index (χ3v) is 7.01. The SMILES string of the molecule is O=C(c1ccc(Br)cc1)c1cc(-c2ccccc2)c(N(c2ccccc2)c2ccccc2)s1. The van der Waals surface area contributed by atoms with Crippen LogP contribution in [0.15, 0.2) is 126 Å². The van der Waals surface area contributed by atoms with Gasteiger partial charge in [0.2, 0.25) is 5.78 Å². The van der Waals surface area contributed by atoms with Gasteiger partial charge in [-0.1, -0.05) is 82.7 Å². The first kappa shape index (κ1) is 21.4. The van der Waals surface area contributed by atoms with Gasteiger partial charge in [0.15, 0.2) is 0 Å². The summed E-state index contributed by atoms with van der Waals surface area (Å²) in [5.74, 6) is 0.0250. The number of halogens is 1. The zero-order chi connectivity index (χ0) is 22.6. The molecule has 0 aliphatic carbocycles. The highest BCUT2D eigenvalue weighted by Crippen LogP contribution is 2.46. The van der Waals surface area contributed by atoms with E-state index in [2.05, 4.69) is 57.2 Å². The third kappa shape index (κ3) is 4.54. The van der Waals surface area contributed by atoms with Gasteiger partial charge in [-0.15, -0.1) is 11.3 Å². The van der Waals surface area contributed by atoms with Gasteiger partial charge in [-0.2, -0.15) is 0 Å². The Labute approximate surface area is 205 Å². The molecule has 4 aromatic carbocycles. The molecule has 0 unspecified atom stereocenters. The molecule has 4 heteroatoms. The summed E-state index contributed by atoms with van der Waals surface area (Å²) in [5, 5.41) is 1.01. The van der Waals surface area contributed by atoms with E-state index >= 15 is 0 Å². The third-order valence-electron chi connectivity index (χ3n) is 5.36. The standard InChI is InChI=1S/C29H20BrNOS/c30-23-18-16-22(17-19-23)28(32)27-20-26(21-10-4-1-5-11-21)29(33-27)31(24-12-6-2-7-13-24)25-14-8-3-9-15-25/h1-20H. The zero-order valence-electron chi connectivity index (χ0n) is 17.7. The Kier molecular flexibility index (Phi) is 6.20. The van der Waals surface area contributed by atoms with Crippen molar-refractivity contribution in [3.63, 3.8) is 0 Å². The minimum absolute atomic E-state index is 0.0250. The minimum Gasteiger partial charge on any atom is -0.301 e. The smallest absolute Gasteiger partial charge is 0.203 e. The van der Waals surface area contributed by atoms with Crippen molar-refractivity contribution in [1.29, 1.82) is 0 Å². The number of hydrogen-bond donors (Lipinski definition) is 0. The molecule has 0 N–H and O–H groups in total. The lowest BCUT2D eigenvalue weighted by atomic mass is 10.0. The van der Waals surface area contributed by atoms with Crippen LogP contribution in [0, 0.1) is 0 Å². The molecule has 0 saturated carbocycles. The first-order valence-electron chi connectivity index (χ1n) is 10.6. The Hall–Kier alpha value is -3.47. The Balaban J connectivity index is 1.70. The van der Waals surface area contributed by atoms with Crippen molar-refractivity contribution >= 4 is 49.4 Å². The summed E-state index contributed by atoms with van der Waals surface area (Å²) in [4.78, 5) is 16.4. The predicted octanol–water partition coefficient (Wildman–Crippen LogP) is 8.88. The maximum absolute atomic E-state index is 13.4. The molecule has 0 fully saturated rings. The molecular formula is C29H20BrNOS. The second kappa shape index (κ2) is 9.57. The first-order chi connectivity index (χ1) is 16.2. The number of thiophene rings is 1. The van der Waals surface area contributed by atoms with E-state index in [0.717, 1.165) is 32.0 Å². The molecule has 0 saturated heterocycles. The van der Waals surface area contributed by atoms with Crippen molar-refractivity contribution in [2.24, 2.45) is 0 Å². The Morgan fingerprint density at radius 1 is 0.667 bits per heavy atom. The van der Waals surface area contributed by atoms with Crippen LogP contribution in [0.1, 0.15) is 15.2 Å². The van der Waals surface area contributed by atoms with Crippen LogP contribution in [0.2, 0.25) is 0 Å². The molecule has 0 aliphatic rings. The van der Waals surface area contributed by atoms with Crippen LogP contribution < -0.4 is 4.90 Å². The largest absolute Gasteiger partial charge is 0.301 e. The van der Waals surface area contributed by atoms with Crippen molar-refractivity contribution in [1.82, 2.24) is 0 Å². The molecular weight excluding hydrogens is 490 g/mol. The highest BCUT2D eigenvalue weighted by molar-refractivity contribution is 9.10. The summed E-state index contributed by atoms with van der Waals surface area (Å²) in [6, 6.07) is 40.4. The monoisotopic (exact) mass is 509 g/mol. The molecule has 0 spiro atoms. The topological polar surface area (TPSA) is 20.3 Å². The quantitative estimate of drug-likeness (QED) is 0.213. The Morgan fingerprint density at radius 3 is 1.73 bits per heavy atom. The van der Waals surface area contributed by atoms with Crippen LogP contribution in [-0.2, 0) is 0 Å². The summed E-state index contributed by atoms with van der Waals surface area (Å²) in [5.41, 5.74) is 4.89. The molecule has 0 bridgehead atoms. The zero-order valence-corrected chi connectivity index (χ0v) is 20.1. The van der Waals surface area contributed by atoms with Crippen LogP contribution in [-0.4, -0.2) is 5.78 Å². The van der Waals surface area contributed by atoms with E-state index in [9.17, 15) is 4.79 Å². The lowest BCUT2D eigenvalue weighted by molar-refractivity contribution is 0.104. The van der Waals surface area contributed by atoms with Gasteiger partial charge in [-0.05, 0) is 60.2 Å². The van der Waals surface area contributed by atoms with E-state index in [-0.39, 0.29) is 5.78 Å². The van der Waals surface area contributed by atoms with Crippen LogP contribution in [0.4, 0.5) is 16.4 Å². The molecule has 5 rings (SSSR count). The first-order valence-corrected chi connectivity index (χ1v) is 12.2. The molecule has 160 valence electrons. The summed E-state index contributed by atoms with van der Waals surface area (Å²) in [6.45, 7) is 0. The summed E-state index contributed by atoms with van der Waals surface area (Å²) in [7, 11) is 0. The molecule has 2 nitrogen and oxygen atoms in total. The molecule has 33 heavy (non-hydrogen) atoms. The van der Waals surface area contributed by atoms with Gasteiger partial charge in [0.1, 0.15) is 5.00 Å². The van der Waals surface area contributed by atoms with Crippen LogP contribution in [0.3, 0.4) is 0 Å². The van der Waals surface area contributed by atoms with E-state index in [1.165, 1.54) is 11.3 Å². The molecule has 0 amide bonds. The average Bonchev–Trinajstić information content (AvgIpc) is 3.31. The lowest BCUT2D eigenvalue weighted by Gasteiger charge is -2.25. The van der Waals surface area contributed by atoms with Gasteiger partial charge >= 0.3 is 0 Å². The second-order valence-electron chi connectivity index (χ2n) is 7.54. The van der Waals surface area contributed by atoms with Crippen molar-refractivity contribution in [2.75, 3.05) is 4.90 Å². The highest BCUT2D eigenvalue weighted by Gasteiger charge is 2.23. The molecule has 1 aromatic heterocycles. The molecule has 5 aromatic rings. The van der Waals surface area contributed by atoms with Gasteiger partial charge in [0.05, 0.1) is 4.88 Å². The maximum atomic E-state index is 13.4. The van der Waals surface area contributed by atoms with Gasteiger partial charge in [-0.25, -0.2) is 0 Å². The normalized spacial score (nSPS) is 10.7. The van der Waals surface area contributed by atoms with Gasteiger partial charge in [-0.3, -0.25) is 4.79 Å². The van der Waals surface area contributed by atoms with E-state index in [0.29, 0.717) is 10.4 Å². The fourth-order valence-electron chi connectivity index (χ4n) is 3.77. The minimum atomic E-state index is 0.0250. The number of para-hydroxylation sites is 2. The summed E-state index contributed by atoms with van der Waals surface area (Å²) < 4.78 is 0.954. The molecule has 1 heterocycles. The second-order valence-corrected chi connectivity index (χ2v) is 9.48. The number of carbonyl (C=O) groups is 1. The van der Waals surface area contributed by atoms with Crippen molar-refractivity contribution < 1.29 is 4.79 Å². The van der Waals surface area contributed by atoms with Crippen molar-refractivity contribution in [3.8, 4) is 11.1 Å². The highest BCUT2D eigenvalue weighted by atomic mass is 79.9. The number of carbonyl (C=O) groups excluding carboxylic acids is 1. The van der Waals surface area contributed by atoms with E-state index in [1.54, 1.807) is 0 Å². The summed E-state index contributed by atoms with van der Waals surface area (Å²) in [6.07, 6.45) is 0. The molecule has 0 aliphatic heterocycles. The van der Waals surface area contributed by atoms with E-state index in [4.69, 9.17) is 0 Å². The Bertz CT molecular complexity index is 1320. The van der Waals surface area contributed by atoms with Crippen LogP contribution >= 0.6 is 27.3 Å². The van der Waals surface area contributed by atoms with Crippen LogP contribution in [0.5, 0.6) is 0 Å². The molecule has 0 radical (unpaired) electrons. The fraction of sp³-hybridized carbons (Fsp3) is 0. The lowest BCUT2D eigenvalue weighted by Crippen LogP contribution is -2.09. The average molecular weight is 510 g/mol. The number of hydrogen-bond acceptors (Lipinski definition) is 3. The molecule has 0 atom stereocenters. The number of nitrogens with zero attached hydrogens (tertiary/aromatic N) is 1. The van der Waals surface area contributed by atoms with E-state index < -0.39 is 0 Å². The maximum Gasteiger partial charge on any atom is 0.203 e. The predicted molar refractivity (Wildman–Crippen MR) is 142 cm³/mol. The fourth-order valence-corrected chi connectivity index (χ4v) is 5.21. The summed E-state index contributed by atoms with van der Waals surface area (Å²) >= 11 is 4.98. The van der Waals surface area contributed by atoms with Gasteiger partial charge in [0.25, 0.3) is 0 Å². The number of ketones is 1.